The van der Waals surface area contributed by atoms with Gasteiger partial charge in [-0.2, -0.15) is 13.2 Å². The van der Waals surface area contributed by atoms with Gasteiger partial charge in [-0.1, -0.05) is 29.8 Å². The Balaban J connectivity index is 1.84. The summed E-state index contributed by atoms with van der Waals surface area (Å²) < 4.78 is 44.5. The van der Waals surface area contributed by atoms with Crippen LogP contribution in [0.25, 0.3) is 0 Å². The first-order chi connectivity index (χ1) is 15.6. The summed E-state index contributed by atoms with van der Waals surface area (Å²) in [5, 5.41) is 0. The van der Waals surface area contributed by atoms with Crippen molar-refractivity contribution in [3.8, 4) is 0 Å². The Kier molecular flexibility index (Phi) is 6.24. The van der Waals surface area contributed by atoms with Crippen LogP contribution in [0.3, 0.4) is 0 Å². The van der Waals surface area contributed by atoms with E-state index >= 15 is 0 Å². The molecule has 1 aromatic carbocycles. The Hall–Kier alpha value is -2.48. The number of amidine groups is 1. The highest BCUT2D eigenvalue weighted by Gasteiger charge is 2.63. The van der Waals surface area contributed by atoms with E-state index in [1.165, 1.54) is 5.57 Å². The number of rotatable bonds is 6. The molecular weight excluding hydrogens is 431 g/mol. The lowest BCUT2D eigenvalue weighted by molar-refractivity contribution is -0.130. The molecule has 0 aliphatic heterocycles. The second-order valence-electron chi connectivity index (χ2n) is 9.52. The van der Waals surface area contributed by atoms with Crippen molar-refractivity contribution in [2.24, 2.45) is 21.1 Å². The zero-order valence-electron chi connectivity index (χ0n) is 19.0. The monoisotopic (exact) mass is 461 g/mol. The van der Waals surface area contributed by atoms with Crippen molar-refractivity contribution >= 4 is 18.0 Å². The number of aliphatic imine (C=N–C) groups is 2. The highest BCUT2D eigenvalue weighted by Crippen LogP contribution is 2.60. The molecule has 1 saturated carbocycles. The quantitative estimate of drug-likeness (QED) is 0.375. The van der Waals surface area contributed by atoms with Crippen molar-refractivity contribution in [1.82, 2.24) is 0 Å². The largest absolute Gasteiger partial charge is 0.426 e. The van der Waals surface area contributed by atoms with Crippen LogP contribution in [0.2, 0.25) is 0 Å². The average molecular weight is 462 g/mol. The van der Waals surface area contributed by atoms with Gasteiger partial charge in [0.05, 0.1) is 11.9 Å². The van der Waals surface area contributed by atoms with Gasteiger partial charge in [-0.3, -0.25) is 9.79 Å². The molecule has 0 heterocycles. The molecule has 0 aromatic heterocycles. The summed E-state index contributed by atoms with van der Waals surface area (Å²) in [6, 6.07) is 6.00. The Morgan fingerprint density at radius 3 is 2.55 bits per heavy atom. The molecule has 1 unspecified atom stereocenters. The van der Waals surface area contributed by atoms with Gasteiger partial charge in [-0.15, -0.1) is 0 Å². The van der Waals surface area contributed by atoms with E-state index in [4.69, 9.17) is 10.5 Å². The molecule has 178 valence electrons. The van der Waals surface area contributed by atoms with Gasteiger partial charge in [0.25, 0.3) is 5.91 Å². The standard InChI is InChI=1S/C25H30F3N3O2/c1-16(29)31-25(22(32)30-15-24(26,27)28)21-13-18(6-5-17-3-4-17)7-8-19(21)14-23(25)11-9-20(33-2)10-12-23/h3,7-8,13,15,20H,4-6,9-12,14H2,1-2H3,(H2,29,31). The van der Waals surface area contributed by atoms with Crippen LogP contribution >= 0.6 is 0 Å². The second-order valence-corrected chi connectivity index (χ2v) is 9.52. The van der Waals surface area contributed by atoms with Crippen LogP contribution in [0.1, 0.15) is 62.1 Å². The number of nitrogens with zero attached hydrogens (tertiary/aromatic N) is 2. The Labute approximate surface area is 192 Å². The van der Waals surface area contributed by atoms with Crippen molar-refractivity contribution in [3.63, 3.8) is 0 Å². The first kappa shape index (κ1) is 23.7. The Bertz CT molecular complexity index is 1020. The number of amides is 1. The third-order valence-electron chi connectivity index (χ3n) is 7.29. The fraction of sp³-hybridized carbons (Fsp3) is 0.560. The van der Waals surface area contributed by atoms with Crippen molar-refractivity contribution in [1.29, 1.82) is 0 Å². The predicted molar refractivity (Wildman–Crippen MR) is 121 cm³/mol. The molecule has 1 spiro atoms. The van der Waals surface area contributed by atoms with Crippen molar-refractivity contribution in [3.05, 3.63) is 46.5 Å². The third kappa shape index (κ3) is 4.63. The van der Waals surface area contributed by atoms with Gasteiger partial charge in [-0.05, 0) is 75.0 Å². The topological polar surface area (TPSA) is 77.0 Å². The lowest BCUT2D eigenvalue weighted by Crippen LogP contribution is -2.50. The number of carbonyl (C=O) groups excluding carboxylic acids is 1. The molecule has 3 aliphatic rings. The van der Waals surface area contributed by atoms with Gasteiger partial charge >= 0.3 is 6.18 Å². The number of benzene rings is 1. The Morgan fingerprint density at radius 1 is 1.27 bits per heavy atom. The van der Waals surface area contributed by atoms with Gasteiger partial charge in [0, 0.05) is 12.5 Å². The molecule has 2 N–H and O–H groups in total. The number of nitrogens with two attached hydrogens (primary N) is 1. The lowest BCUT2D eigenvalue weighted by atomic mass is 9.61. The second kappa shape index (κ2) is 8.70. The number of fused-ring (bicyclic) bond motifs is 1. The lowest BCUT2D eigenvalue weighted by Gasteiger charge is -2.46. The molecule has 1 amide bonds. The molecular formula is C25H30F3N3O2. The molecule has 0 radical (unpaired) electrons. The van der Waals surface area contributed by atoms with E-state index in [2.05, 4.69) is 22.1 Å². The van der Waals surface area contributed by atoms with Crippen molar-refractivity contribution in [2.45, 2.75) is 76.1 Å². The van der Waals surface area contributed by atoms with E-state index in [-0.39, 0.29) is 18.2 Å². The maximum atomic E-state index is 13.6. The van der Waals surface area contributed by atoms with Gasteiger partial charge in [0.1, 0.15) is 6.21 Å². The minimum Gasteiger partial charge on any atom is -0.388 e. The number of aryl methyl sites for hydroxylation is 1. The van der Waals surface area contributed by atoms with E-state index in [9.17, 15) is 18.0 Å². The van der Waals surface area contributed by atoms with Gasteiger partial charge < -0.3 is 10.5 Å². The summed E-state index contributed by atoms with van der Waals surface area (Å²) >= 11 is 0. The average Bonchev–Trinajstić information content (AvgIpc) is 3.55. The number of methoxy groups -OCH3 is 1. The fourth-order valence-electron chi connectivity index (χ4n) is 5.61. The van der Waals surface area contributed by atoms with Crippen LogP contribution in [0, 0.1) is 5.41 Å². The molecule has 5 nitrogen and oxygen atoms in total. The summed E-state index contributed by atoms with van der Waals surface area (Å²) in [6.45, 7) is 1.57. The van der Waals surface area contributed by atoms with E-state index in [0.29, 0.717) is 37.7 Å². The van der Waals surface area contributed by atoms with E-state index in [1.54, 1.807) is 14.0 Å². The SMILES string of the molecule is COC1CCC2(CC1)Cc1ccc(CCC3=CC3)cc1C2(N=C(C)N)C(=O)N=CC(F)(F)F. The summed E-state index contributed by atoms with van der Waals surface area (Å²) in [7, 11) is 1.65. The van der Waals surface area contributed by atoms with Gasteiger partial charge in [-0.25, -0.2) is 4.99 Å². The molecule has 3 aliphatic carbocycles. The minimum absolute atomic E-state index is 0.0520. The molecule has 0 saturated heterocycles. The number of alkyl halides is 3. The number of allylic oxidation sites excluding steroid dienone is 2. The van der Waals surface area contributed by atoms with Crippen LogP contribution in [0.5, 0.6) is 0 Å². The smallest absolute Gasteiger partial charge is 0.388 e. The van der Waals surface area contributed by atoms with E-state index in [0.717, 1.165) is 30.4 Å². The van der Waals surface area contributed by atoms with E-state index in [1.807, 2.05) is 12.1 Å². The summed E-state index contributed by atoms with van der Waals surface area (Å²) in [4.78, 5) is 21.7. The molecule has 4 rings (SSSR count). The first-order valence-corrected chi connectivity index (χ1v) is 11.4. The highest BCUT2D eigenvalue weighted by molar-refractivity contribution is 5.98. The molecule has 8 heteroatoms. The maximum Gasteiger partial charge on any atom is 0.426 e. The number of hydrogen-bond donors (Lipinski definition) is 1. The fourth-order valence-corrected chi connectivity index (χ4v) is 5.61. The zero-order valence-corrected chi connectivity index (χ0v) is 19.0. The third-order valence-corrected chi connectivity index (χ3v) is 7.29. The normalized spacial score (nSPS) is 29.4. The van der Waals surface area contributed by atoms with Crippen LogP contribution in [-0.4, -0.2) is 37.3 Å². The molecule has 1 fully saturated rings. The van der Waals surface area contributed by atoms with Crippen LogP contribution < -0.4 is 5.73 Å². The summed E-state index contributed by atoms with van der Waals surface area (Å²) in [6.07, 6.45) is 3.22. The number of ether oxygens (including phenoxy) is 1. The van der Waals surface area contributed by atoms with Gasteiger partial charge in [0.15, 0.2) is 5.54 Å². The predicted octanol–water partition coefficient (Wildman–Crippen LogP) is 4.81. The molecule has 1 aromatic rings. The Morgan fingerprint density at radius 2 is 1.97 bits per heavy atom. The first-order valence-electron chi connectivity index (χ1n) is 11.4. The molecule has 1 atom stereocenters. The highest BCUT2D eigenvalue weighted by atomic mass is 19.4. The molecule has 0 bridgehead atoms. The van der Waals surface area contributed by atoms with Crippen LogP contribution in [0.15, 0.2) is 39.8 Å². The summed E-state index contributed by atoms with van der Waals surface area (Å²) in [5.74, 6) is -0.749. The molecule has 33 heavy (non-hydrogen) atoms. The van der Waals surface area contributed by atoms with Crippen molar-refractivity contribution < 1.29 is 22.7 Å². The number of hydrogen-bond acceptors (Lipinski definition) is 3. The maximum absolute atomic E-state index is 13.6. The zero-order chi connectivity index (χ0) is 23.9. The minimum atomic E-state index is -4.69. The number of carbonyl (C=O) groups is 1. The van der Waals surface area contributed by atoms with Crippen LogP contribution in [0.4, 0.5) is 13.2 Å². The number of halogens is 3. The van der Waals surface area contributed by atoms with Crippen LogP contribution in [-0.2, 0) is 27.9 Å². The summed E-state index contributed by atoms with van der Waals surface area (Å²) in [5.41, 5.74) is 7.76. The van der Waals surface area contributed by atoms with Gasteiger partial charge in [0.2, 0.25) is 0 Å². The van der Waals surface area contributed by atoms with E-state index < -0.39 is 23.0 Å². The van der Waals surface area contributed by atoms with Crippen molar-refractivity contribution in [2.75, 3.05) is 7.11 Å².